The fraction of sp³-hybridized carbons (Fsp3) is 0.409. The Labute approximate surface area is 171 Å². The third kappa shape index (κ3) is 4.78. The molecule has 5 nitrogen and oxygen atoms in total. The van der Waals surface area contributed by atoms with Crippen molar-refractivity contribution in [3.05, 3.63) is 65.5 Å². The number of carbonyl (C=O) groups excluding carboxylic acids is 1. The van der Waals surface area contributed by atoms with Crippen LogP contribution in [-0.4, -0.2) is 25.5 Å². The Morgan fingerprint density at radius 2 is 1.83 bits per heavy atom. The van der Waals surface area contributed by atoms with Gasteiger partial charge in [-0.05, 0) is 69.4 Å². The maximum absolute atomic E-state index is 14.7. The van der Waals surface area contributed by atoms with Gasteiger partial charge in [0.1, 0.15) is 16.8 Å². The molecule has 3 rings (SSSR count). The van der Waals surface area contributed by atoms with Crippen molar-refractivity contribution in [3.63, 3.8) is 0 Å². The van der Waals surface area contributed by atoms with Gasteiger partial charge >= 0.3 is 6.09 Å². The van der Waals surface area contributed by atoms with Crippen LogP contribution in [-0.2, 0) is 21.0 Å². The lowest BCUT2D eigenvalue weighted by molar-refractivity contribution is 0.0513. The van der Waals surface area contributed by atoms with Crippen LogP contribution in [0, 0.1) is 5.82 Å². The van der Waals surface area contributed by atoms with Crippen molar-refractivity contribution in [2.75, 3.05) is 0 Å². The van der Waals surface area contributed by atoms with Crippen LogP contribution in [0.25, 0.3) is 0 Å². The molecule has 29 heavy (non-hydrogen) atoms. The molecule has 0 radical (unpaired) electrons. The third-order valence-electron chi connectivity index (χ3n) is 4.91. The molecular weight excluding hydrogens is 393 g/mol. The summed E-state index contributed by atoms with van der Waals surface area (Å²) in [6.45, 7) is 5.09. The summed E-state index contributed by atoms with van der Waals surface area (Å²) >= 11 is 0. The highest BCUT2D eigenvalue weighted by atomic mass is 32.2. The number of rotatable bonds is 4. The first-order valence-corrected chi connectivity index (χ1v) is 11.2. The predicted octanol–water partition coefficient (Wildman–Crippen LogP) is 4.57. The first-order chi connectivity index (χ1) is 13.6. The molecule has 1 aliphatic rings. The number of sulfone groups is 1. The van der Waals surface area contributed by atoms with E-state index in [0.29, 0.717) is 24.8 Å². The van der Waals surface area contributed by atoms with E-state index in [1.165, 1.54) is 18.2 Å². The first-order valence-electron chi connectivity index (χ1n) is 9.65. The van der Waals surface area contributed by atoms with Crippen LogP contribution < -0.4 is 5.32 Å². The second kappa shape index (κ2) is 8.14. The largest absolute Gasteiger partial charge is 0.444 e. The van der Waals surface area contributed by atoms with Gasteiger partial charge in [-0.25, -0.2) is 17.6 Å². The van der Waals surface area contributed by atoms with Crippen molar-refractivity contribution in [2.24, 2.45) is 0 Å². The highest BCUT2D eigenvalue weighted by Gasteiger charge is 2.40. The summed E-state index contributed by atoms with van der Waals surface area (Å²) in [5.41, 5.74) is 0.348. The van der Waals surface area contributed by atoms with Crippen LogP contribution in [0.2, 0.25) is 0 Å². The van der Waals surface area contributed by atoms with Crippen LogP contribution in [0.15, 0.2) is 53.4 Å². The topological polar surface area (TPSA) is 72.5 Å². The predicted molar refractivity (Wildman–Crippen MR) is 109 cm³/mol. The van der Waals surface area contributed by atoms with Gasteiger partial charge in [-0.1, -0.05) is 30.3 Å². The van der Waals surface area contributed by atoms with Gasteiger partial charge in [-0.15, -0.1) is 0 Å². The summed E-state index contributed by atoms with van der Waals surface area (Å²) in [5, 5.41) is 1.20. The summed E-state index contributed by atoms with van der Waals surface area (Å²) in [6.07, 6.45) is 0.984. The Morgan fingerprint density at radius 3 is 2.48 bits per heavy atom. The lowest BCUT2D eigenvalue weighted by Gasteiger charge is -2.33. The van der Waals surface area contributed by atoms with E-state index in [-0.39, 0.29) is 4.90 Å². The van der Waals surface area contributed by atoms with Gasteiger partial charge in [0.15, 0.2) is 9.84 Å². The molecule has 2 atom stereocenters. The number of hydrogen-bond donors (Lipinski definition) is 1. The molecule has 0 fully saturated rings. The molecule has 2 aromatic rings. The van der Waals surface area contributed by atoms with Crippen molar-refractivity contribution >= 4 is 15.9 Å². The molecule has 7 heteroatoms. The van der Waals surface area contributed by atoms with E-state index < -0.39 is 38.6 Å². The average Bonchev–Trinajstić information content (AvgIpc) is 2.65. The van der Waals surface area contributed by atoms with E-state index in [4.69, 9.17) is 4.74 Å². The molecule has 0 aromatic heterocycles. The van der Waals surface area contributed by atoms with Crippen LogP contribution in [0.3, 0.4) is 0 Å². The molecule has 0 bridgehead atoms. The molecule has 0 aliphatic heterocycles. The van der Waals surface area contributed by atoms with E-state index in [2.05, 4.69) is 5.32 Å². The standard InChI is InChI=1S/C22H26FNO4S/c1-22(2,3)28-21(25)24-20(29(26,27)16-11-5-4-6-12-16)17-13-7-9-15-10-8-14-18(23)19(15)17/h4-6,8,10-12,14,17,20H,7,9,13H2,1-3H3,(H,24,25). The molecule has 0 spiro atoms. The zero-order valence-electron chi connectivity index (χ0n) is 16.8. The van der Waals surface area contributed by atoms with Crippen LogP contribution >= 0.6 is 0 Å². The van der Waals surface area contributed by atoms with Crippen molar-refractivity contribution in [1.82, 2.24) is 5.32 Å². The van der Waals surface area contributed by atoms with Gasteiger partial charge in [-0.3, -0.25) is 0 Å². The number of alkyl carbamates (subject to hydrolysis) is 1. The number of nitrogens with one attached hydrogen (secondary N) is 1. The Kier molecular flexibility index (Phi) is 5.98. The molecule has 1 aliphatic carbocycles. The molecule has 0 saturated carbocycles. The van der Waals surface area contributed by atoms with Crippen molar-refractivity contribution in [3.8, 4) is 0 Å². The number of halogens is 1. The van der Waals surface area contributed by atoms with Crippen molar-refractivity contribution < 1.29 is 22.3 Å². The summed E-state index contributed by atoms with van der Waals surface area (Å²) in [6, 6.07) is 12.7. The first kappa shape index (κ1) is 21.3. The highest BCUT2D eigenvalue weighted by Crippen LogP contribution is 2.39. The smallest absolute Gasteiger partial charge is 0.408 e. The van der Waals surface area contributed by atoms with Gasteiger partial charge in [0.05, 0.1) is 4.90 Å². The molecule has 0 saturated heterocycles. The maximum atomic E-state index is 14.7. The number of amides is 1. The normalized spacial score (nSPS) is 17.9. The van der Waals surface area contributed by atoms with Gasteiger partial charge in [0, 0.05) is 5.92 Å². The summed E-state index contributed by atoms with van der Waals surface area (Å²) in [4.78, 5) is 12.6. The Bertz CT molecular complexity index is 984. The van der Waals surface area contributed by atoms with Crippen molar-refractivity contribution in [1.29, 1.82) is 0 Å². The number of aryl methyl sites for hydroxylation is 1. The second-order valence-corrected chi connectivity index (χ2v) is 10.3. The van der Waals surface area contributed by atoms with Gasteiger partial charge in [0.2, 0.25) is 0 Å². The fourth-order valence-corrected chi connectivity index (χ4v) is 5.54. The van der Waals surface area contributed by atoms with Crippen LogP contribution in [0.5, 0.6) is 0 Å². The molecule has 0 heterocycles. The third-order valence-corrected chi connectivity index (χ3v) is 6.95. The highest BCUT2D eigenvalue weighted by molar-refractivity contribution is 7.92. The van der Waals surface area contributed by atoms with Gasteiger partial charge in [0.25, 0.3) is 0 Å². The van der Waals surface area contributed by atoms with Crippen LogP contribution in [0.1, 0.15) is 50.7 Å². The van der Waals surface area contributed by atoms with E-state index in [0.717, 1.165) is 5.56 Å². The van der Waals surface area contributed by atoms with Crippen molar-refractivity contribution in [2.45, 2.75) is 61.8 Å². The number of benzene rings is 2. The van der Waals surface area contributed by atoms with E-state index in [1.807, 2.05) is 6.07 Å². The summed E-state index contributed by atoms with van der Waals surface area (Å²) in [7, 11) is -3.99. The molecule has 2 aromatic carbocycles. The zero-order chi connectivity index (χ0) is 21.2. The van der Waals surface area contributed by atoms with E-state index in [1.54, 1.807) is 45.0 Å². The summed E-state index contributed by atoms with van der Waals surface area (Å²) < 4.78 is 47.0. The minimum atomic E-state index is -3.99. The Balaban J connectivity index is 2.07. The molecule has 156 valence electrons. The number of carbonyl (C=O) groups is 1. The average molecular weight is 420 g/mol. The maximum Gasteiger partial charge on any atom is 0.408 e. The monoisotopic (exact) mass is 419 g/mol. The van der Waals surface area contributed by atoms with Crippen LogP contribution in [0.4, 0.5) is 9.18 Å². The molecule has 1 N–H and O–H groups in total. The van der Waals surface area contributed by atoms with Gasteiger partial charge in [-0.2, -0.15) is 0 Å². The second-order valence-electron chi connectivity index (χ2n) is 8.24. The summed E-state index contributed by atoms with van der Waals surface area (Å²) in [5.74, 6) is -1.16. The van der Waals surface area contributed by atoms with E-state index in [9.17, 15) is 17.6 Å². The number of ether oxygens (including phenoxy) is 1. The fourth-order valence-electron chi connectivity index (χ4n) is 3.75. The minimum absolute atomic E-state index is 0.0736. The Hall–Kier alpha value is -2.41. The molecule has 2 unspecified atom stereocenters. The zero-order valence-corrected chi connectivity index (χ0v) is 17.6. The lowest BCUT2D eigenvalue weighted by atomic mass is 9.82. The van der Waals surface area contributed by atoms with Gasteiger partial charge < -0.3 is 10.1 Å². The Morgan fingerprint density at radius 1 is 1.14 bits per heavy atom. The van der Waals surface area contributed by atoms with E-state index >= 15 is 0 Å². The molecule has 1 amide bonds. The minimum Gasteiger partial charge on any atom is -0.444 e. The number of fused-ring (bicyclic) bond motifs is 1. The lowest BCUT2D eigenvalue weighted by Crippen LogP contribution is -2.47. The quantitative estimate of drug-likeness (QED) is 0.788. The number of hydrogen-bond acceptors (Lipinski definition) is 4. The molecular formula is C22H26FNO4S. The SMILES string of the molecule is CC(C)(C)OC(=O)NC(C1CCCc2cccc(F)c21)S(=O)(=O)c1ccccc1.